The van der Waals surface area contributed by atoms with E-state index in [-0.39, 0.29) is 5.97 Å². The Bertz CT molecular complexity index is 1840. The van der Waals surface area contributed by atoms with E-state index in [1.54, 1.807) is 12.1 Å². The molecule has 0 unspecified atom stereocenters. The summed E-state index contributed by atoms with van der Waals surface area (Å²) in [5.74, 6) is 1.21. The molecule has 0 saturated heterocycles. The summed E-state index contributed by atoms with van der Waals surface area (Å²) in [6, 6.07) is 42.3. The molecule has 0 radical (unpaired) electrons. The van der Waals surface area contributed by atoms with Crippen molar-refractivity contribution >= 4 is 33.9 Å². The van der Waals surface area contributed by atoms with Crippen LogP contribution in [0.25, 0.3) is 33.3 Å². The number of carbonyl (C=O) groups excluding carboxylic acids is 1. The van der Waals surface area contributed by atoms with Crippen LogP contribution in [0.4, 0.5) is 17.1 Å². The summed E-state index contributed by atoms with van der Waals surface area (Å²) in [6.07, 6.45) is 0. The van der Waals surface area contributed by atoms with Crippen molar-refractivity contribution in [2.45, 2.75) is 0 Å². The molecule has 1 aliphatic rings. The molecule has 0 spiro atoms. The number of fused-ring (bicyclic) bond motifs is 3. The summed E-state index contributed by atoms with van der Waals surface area (Å²) in [6.45, 7) is 0. The number of hydrogen-bond donors (Lipinski definition) is 0. The molecule has 192 valence electrons. The topological polar surface area (TPSA) is 51.7 Å². The molecule has 40 heavy (non-hydrogen) atoms. The van der Waals surface area contributed by atoms with Gasteiger partial charge in [-0.3, -0.25) is 0 Å². The quantitative estimate of drug-likeness (QED) is 0.217. The van der Waals surface area contributed by atoms with Crippen molar-refractivity contribution in [3.63, 3.8) is 0 Å². The number of ether oxygens (including phenoxy) is 2. The van der Waals surface area contributed by atoms with Gasteiger partial charge in [0, 0.05) is 10.9 Å². The molecule has 6 aromatic rings. The molecular weight excluding hydrogens is 496 g/mol. The van der Waals surface area contributed by atoms with Crippen LogP contribution in [0.3, 0.4) is 0 Å². The molecule has 1 aromatic heterocycles. The third-order valence-corrected chi connectivity index (χ3v) is 7.18. The maximum Gasteiger partial charge on any atom is 0.337 e. The highest BCUT2D eigenvalue weighted by Crippen LogP contribution is 2.51. The first-order valence-electron chi connectivity index (χ1n) is 13.1. The lowest BCUT2D eigenvalue weighted by Crippen LogP contribution is -2.16. The van der Waals surface area contributed by atoms with Gasteiger partial charge in [-0.1, -0.05) is 78.9 Å². The summed E-state index contributed by atoms with van der Waals surface area (Å²) >= 11 is 0. The van der Waals surface area contributed by atoms with Crippen LogP contribution in [-0.4, -0.2) is 18.1 Å². The van der Waals surface area contributed by atoms with Gasteiger partial charge in [0.1, 0.15) is 0 Å². The van der Waals surface area contributed by atoms with Gasteiger partial charge < -0.3 is 14.4 Å². The monoisotopic (exact) mass is 520 g/mol. The SMILES string of the molecule is COC(=O)c1ccc(-c2cc(-c3ccccc3)c3cccc(N4c5ccccc5Oc5ccccc54)c3n2)cc1. The van der Waals surface area contributed by atoms with E-state index in [1.807, 2.05) is 66.7 Å². The summed E-state index contributed by atoms with van der Waals surface area (Å²) in [4.78, 5) is 19.5. The standard InChI is InChI=1S/C35H24N2O3/c1-39-35(38)25-20-18-24(19-21-25)28-22-27(23-10-3-2-4-11-23)26-12-9-15-31(34(26)36-28)37-29-13-5-7-16-32(29)40-33-17-8-6-14-30(33)37/h2-22H,1H3. The van der Waals surface area contributed by atoms with E-state index in [1.165, 1.54) is 7.11 Å². The number of methoxy groups -OCH3 is 1. The minimum Gasteiger partial charge on any atom is -0.465 e. The average molecular weight is 521 g/mol. The van der Waals surface area contributed by atoms with Crippen molar-refractivity contribution in [1.29, 1.82) is 0 Å². The molecular formula is C35H24N2O3. The first kappa shape index (κ1) is 23.7. The summed E-state index contributed by atoms with van der Waals surface area (Å²) in [5, 5.41) is 1.04. The normalized spacial score (nSPS) is 11.9. The lowest BCUT2D eigenvalue weighted by atomic mass is 9.97. The van der Waals surface area contributed by atoms with E-state index in [9.17, 15) is 4.79 Å². The van der Waals surface area contributed by atoms with Gasteiger partial charge in [-0.05, 0) is 59.7 Å². The van der Waals surface area contributed by atoms with Gasteiger partial charge in [0.25, 0.3) is 0 Å². The molecule has 0 atom stereocenters. The molecule has 0 saturated carbocycles. The van der Waals surface area contributed by atoms with Crippen LogP contribution in [-0.2, 0) is 4.74 Å². The van der Waals surface area contributed by atoms with Gasteiger partial charge in [-0.15, -0.1) is 0 Å². The smallest absolute Gasteiger partial charge is 0.337 e. The molecule has 0 amide bonds. The maximum absolute atomic E-state index is 12.0. The Balaban J connectivity index is 1.50. The van der Waals surface area contributed by atoms with Crippen LogP contribution < -0.4 is 9.64 Å². The number of aromatic nitrogens is 1. The molecule has 5 aromatic carbocycles. The maximum atomic E-state index is 12.0. The number of pyridine rings is 1. The van der Waals surface area contributed by atoms with Gasteiger partial charge in [-0.25, -0.2) is 9.78 Å². The first-order chi connectivity index (χ1) is 19.7. The predicted octanol–water partition coefficient (Wildman–Crippen LogP) is 8.93. The minimum absolute atomic E-state index is 0.366. The fourth-order valence-electron chi connectivity index (χ4n) is 5.28. The van der Waals surface area contributed by atoms with E-state index < -0.39 is 0 Å². The number of carbonyl (C=O) groups is 1. The van der Waals surface area contributed by atoms with Crippen LogP contribution in [0.15, 0.2) is 127 Å². The third-order valence-electron chi connectivity index (χ3n) is 7.18. The molecule has 0 N–H and O–H groups in total. The van der Waals surface area contributed by atoms with E-state index >= 15 is 0 Å². The van der Waals surface area contributed by atoms with Crippen LogP contribution in [0.1, 0.15) is 10.4 Å². The summed E-state index contributed by atoms with van der Waals surface area (Å²) < 4.78 is 11.2. The van der Waals surface area contributed by atoms with Crippen molar-refractivity contribution in [3.8, 4) is 33.9 Å². The predicted molar refractivity (Wildman–Crippen MR) is 159 cm³/mol. The minimum atomic E-state index is -0.366. The van der Waals surface area contributed by atoms with Gasteiger partial charge in [0.15, 0.2) is 11.5 Å². The zero-order valence-corrected chi connectivity index (χ0v) is 21.7. The first-order valence-corrected chi connectivity index (χ1v) is 13.1. The van der Waals surface area contributed by atoms with Gasteiger partial charge in [0.2, 0.25) is 0 Å². The van der Waals surface area contributed by atoms with Gasteiger partial charge in [0.05, 0.1) is 40.9 Å². The Hall–Kier alpha value is -5.42. The van der Waals surface area contributed by atoms with Crippen LogP contribution >= 0.6 is 0 Å². The number of benzene rings is 5. The Kier molecular flexibility index (Phi) is 5.75. The van der Waals surface area contributed by atoms with Crippen LogP contribution in [0.2, 0.25) is 0 Å². The molecule has 0 aliphatic carbocycles. The number of hydrogen-bond acceptors (Lipinski definition) is 5. The Labute approximate surface area is 231 Å². The number of nitrogens with zero attached hydrogens (tertiary/aromatic N) is 2. The number of para-hydroxylation sites is 5. The van der Waals surface area contributed by atoms with Gasteiger partial charge in [-0.2, -0.15) is 0 Å². The van der Waals surface area contributed by atoms with E-state index in [0.29, 0.717) is 5.56 Å². The van der Waals surface area contributed by atoms with E-state index in [2.05, 4.69) is 53.4 Å². The van der Waals surface area contributed by atoms with Gasteiger partial charge >= 0.3 is 5.97 Å². The summed E-state index contributed by atoms with van der Waals surface area (Å²) in [7, 11) is 1.39. The van der Waals surface area contributed by atoms with Crippen LogP contribution in [0, 0.1) is 0 Å². The third kappa shape index (κ3) is 3.96. The molecule has 5 nitrogen and oxygen atoms in total. The van der Waals surface area contributed by atoms with E-state index in [0.717, 1.165) is 61.8 Å². The fourth-order valence-corrected chi connectivity index (χ4v) is 5.28. The second-order valence-electron chi connectivity index (χ2n) is 9.54. The summed E-state index contributed by atoms with van der Waals surface area (Å²) in [5.41, 5.74) is 8.10. The number of rotatable bonds is 4. The van der Waals surface area contributed by atoms with Crippen molar-refractivity contribution in [3.05, 3.63) is 133 Å². The van der Waals surface area contributed by atoms with Crippen molar-refractivity contribution in [2.24, 2.45) is 0 Å². The lowest BCUT2D eigenvalue weighted by Gasteiger charge is -2.33. The lowest BCUT2D eigenvalue weighted by molar-refractivity contribution is 0.0600. The molecule has 7 rings (SSSR count). The van der Waals surface area contributed by atoms with E-state index in [4.69, 9.17) is 14.5 Å². The largest absolute Gasteiger partial charge is 0.465 e. The highest BCUT2D eigenvalue weighted by atomic mass is 16.5. The highest BCUT2D eigenvalue weighted by molar-refractivity contribution is 6.06. The van der Waals surface area contributed by atoms with Crippen molar-refractivity contribution in [2.75, 3.05) is 12.0 Å². The van der Waals surface area contributed by atoms with Crippen molar-refractivity contribution in [1.82, 2.24) is 4.98 Å². The second kappa shape index (κ2) is 9.71. The van der Waals surface area contributed by atoms with Crippen LogP contribution in [0.5, 0.6) is 11.5 Å². The number of anilines is 3. The zero-order valence-electron chi connectivity index (χ0n) is 21.7. The average Bonchev–Trinajstić information content (AvgIpc) is 3.03. The molecule has 0 fully saturated rings. The molecule has 5 heteroatoms. The Morgan fingerprint density at radius 2 is 1.30 bits per heavy atom. The zero-order chi connectivity index (χ0) is 27.1. The molecule has 0 bridgehead atoms. The molecule has 1 aliphatic heterocycles. The fraction of sp³-hybridized carbons (Fsp3) is 0.0286. The second-order valence-corrected chi connectivity index (χ2v) is 9.54. The van der Waals surface area contributed by atoms with Crippen molar-refractivity contribution < 1.29 is 14.3 Å². The Morgan fingerprint density at radius 3 is 1.98 bits per heavy atom. The molecule has 2 heterocycles. The number of esters is 1. The Morgan fingerprint density at radius 1 is 0.675 bits per heavy atom. The highest BCUT2D eigenvalue weighted by Gasteiger charge is 2.27.